The first-order chi connectivity index (χ1) is 12.3. The van der Waals surface area contributed by atoms with Gasteiger partial charge in [0.05, 0.1) is 20.4 Å². The fourth-order valence-electron chi connectivity index (χ4n) is 2.89. The van der Waals surface area contributed by atoms with Crippen LogP contribution in [0.3, 0.4) is 0 Å². The number of thiazole rings is 2. The molecule has 5 aromatic rings. The van der Waals surface area contributed by atoms with E-state index in [9.17, 15) is 5.11 Å². The number of hydrogen-bond acceptors (Lipinski definition) is 5. The molecule has 0 amide bonds. The third kappa shape index (κ3) is 2.58. The van der Waals surface area contributed by atoms with Crippen LogP contribution in [0, 0.1) is 0 Å². The van der Waals surface area contributed by atoms with Crippen LogP contribution in [0.5, 0.6) is 5.75 Å². The second kappa shape index (κ2) is 5.65. The van der Waals surface area contributed by atoms with Crippen LogP contribution in [0.4, 0.5) is 0 Å². The second-order valence-electron chi connectivity index (χ2n) is 5.72. The van der Waals surface area contributed by atoms with Crippen LogP contribution in [0.25, 0.3) is 43.4 Å². The number of rotatable bonds is 2. The number of phenolic OH excluding ortho intramolecular Hbond substituents is 1. The summed E-state index contributed by atoms with van der Waals surface area (Å²) in [4.78, 5) is 9.36. The molecular weight excluding hydrogens is 348 g/mol. The Labute approximate surface area is 151 Å². The molecule has 25 heavy (non-hydrogen) atoms. The van der Waals surface area contributed by atoms with Crippen LogP contribution >= 0.6 is 22.7 Å². The minimum Gasteiger partial charge on any atom is -0.508 e. The first-order valence-electron chi connectivity index (χ1n) is 7.82. The number of hydrogen-bond donors (Lipinski definition) is 1. The van der Waals surface area contributed by atoms with Crippen molar-refractivity contribution in [1.29, 1.82) is 0 Å². The van der Waals surface area contributed by atoms with Crippen LogP contribution in [0.1, 0.15) is 10.0 Å². The number of fused-ring (bicyclic) bond motifs is 4. The van der Waals surface area contributed by atoms with E-state index in [0.29, 0.717) is 0 Å². The van der Waals surface area contributed by atoms with Gasteiger partial charge in [0.25, 0.3) is 0 Å². The first kappa shape index (κ1) is 14.6. The summed E-state index contributed by atoms with van der Waals surface area (Å²) in [7, 11) is 0. The average molecular weight is 360 g/mol. The highest BCUT2D eigenvalue weighted by Gasteiger charge is 2.06. The Bertz CT molecular complexity index is 1270. The predicted octanol–water partition coefficient (Wildman–Crippen LogP) is 5.94. The Morgan fingerprint density at radius 1 is 0.800 bits per heavy atom. The molecule has 0 saturated heterocycles. The van der Waals surface area contributed by atoms with E-state index in [1.807, 2.05) is 30.4 Å². The molecule has 0 aliphatic carbocycles. The zero-order valence-corrected chi connectivity index (χ0v) is 14.6. The number of nitrogens with zero attached hydrogens (tertiary/aromatic N) is 2. The van der Waals surface area contributed by atoms with Crippen molar-refractivity contribution < 1.29 is 5.11 Å². The predicted molar refractivity (Wildman–Crippen MR) is 107 cm³/mol. The minimum absolute atomic E-state index is 0.268. The van der Waals surface area contributed by atoms with E-state index in [-0.39, 0.29) is 5.75 Å². The second-order valence-corrected chi connectivity index (χ2v) is 7.85. The third-order valence-electron chi connectivity index (χ3n) is 4.06. The quantitative estimate of drug-likeness (QED) is 0.424. The van der Waals surface area contributed by atoms with E-state index in [2.05, 4.69) is 29.2 Å². The van der Waals surface area contributed by atoms with Gasteiger partial charge in [-0.1, -0.05) is 30.3 Å². The minimum atomic E-state index is 0.268. The van der Waals surface area contributed by atoms with Crippen molar-refractivity contribution in [2.45, 2.75) is 0 Å². The average Bonchev–Trinajstić information content (AvgIpc) is 3.22. The molecule has 5 heteroatoms. The summed E-state index contributed by atoms with van der Waals surface area (Å²) in [6, 6.07) is 17.8. The molecule has 3 aromatic carbocycles. The molecule has 120 valence electrons. The van der Waals surface area contributed by atoms with E-state index in [4.69, 9.17) is 4.98 Å². The van der Waals surface area contributed by atoms with Gasteiger partial charge in [-0.25, -0.2) is 9.97 Å². The van der Waals surface area contributed by atoms with Crippen molar-refractivity contribution in [2.24, 2.45) is 0 Å². The highest BCUT2D eigenvalue weighted by atomic mass is 32.1. The van der Waals surface area contributed by atoms with Gasteiger partial charge in [-0.05, 0) is 41.8 Å². The Balaban J connectivity index is 1.56. The Kier molecular flexibility index (Phi) is 3.29. The van der Waals surface area contributed by atoms with Crippen molar-refractivity contribution in [2.75, 3.05) is 0 Å². The fraction of sp³-hybridized carbons (Fsp3) is 0. The maximum atomic E-state index is 9.57. The zero-order chi connectivity index (χ0) is 16.8. The molecule has 5 rings (SSSR count). The molecular formula is C20H12N2OS2. The Morgan fingerprint density at radius 2 is 1.60 bits per heavy atom. The number of aromatic nitrogens is 2. The third-order valence-corrected chi connectivity index (χ3v) is 6.03. The van der Waals surface area contributed by atoms with Gasteiger partial charge in [0.2, 0.25) is 0 Å². The van der Waals surface area contributed by atoms with Crippen LogP contribution in [0.15, 0.2) is 54.6 Å². The molecule has 0 fully saturated rings. The summed E-state index contributed by atoms with van der Waals surface area (Å²) < 4.78 is 2.17. The summed E-state index contributed by atoms with van der Waals surface area (Å²) in [6.07, 6.45) is 4.00. The maximum Gasteiger partial charge on any atom is 0.117 e. The SMILES string of the molecule is Oc1ccc2nc(/C=C/c3nc4c(ccc5ccccc54)s3)sc2c1. The number of benzene rings is 3. The molecule has 0 spiro atoms. The summed E-state index contributed by atoms with van der Waals surface area (Å²) in [6.45, 7) is 0. The van der Waals surface area contributed by atoms with Gasteiger partial charge < -0.3 is 5.11 Å². The molecule has 0 aliphatic heterocycles. The lowest BCUT2D eigenvalue weighted by Gasteiger charge is -1.96. The van der Waals surface area contributed by atoms with Gasteiger partial charge in [0, 0.05) is 5.39 Å². The molecule has 3 nitrogen and oxygen atoms in total. The lowest BCUT2D eigenvalue weighted by Crippen LogP contribution is -1.75. The van der Waals surface area contributed by atoms with E-state index < -0.39 is 0 Å². The largest absolute Gasteiger partial charge is 0.508 e. The Morgan fingerprint density at radius 3 is 2.52 bits per heavy atom. The number of aromatic hydroxyl groups is 1. The highest BCUT2D eigenvalue weighted by Crippen LogP contribution is 2.31. The molecule has 1 N–H and O–H groups in total. The van der Waals surface area contributed by atoms with Crippen LogP contribution < -0.4 is 0 Å². The molecule has 0 saturated carbocycles. The monoisotopic (exact) mass is 360 g/mol. The van der Waals surface area contributed by atoms with Gasteiger partial charge in [0.1, 0.15) is 15.8 Å². The smallest absolute Gasteiger partial charge is 0.117 e. The van der Waals surface area contributed by atoms with Gasteiger partial charge in [-0.2, -0.15) is 0 Å². The molecule has 0 aliphatic rings. The van der Waals surface area contributed by atoms with Gasteiger partial charge >= 0.3 is 0 Å². The zero-order valence-electron chi connectivity index (χ0n) is 13.0. The van der Waals surface area contributed by atoms with Crippen LogP contribution in [0.2, 0.25) is 0 Å². The van der Waals surface area contributed by atoms with E-state index in [1.165, 1.54) is 15.5 Å². The Hall–Kier alpha value is -2.76. The van der Waals surface area contributed by atoms with E-state index >= 15 is 0 Å². The normalized spacial score (nSPS) is 12.0. The summed E-state index contributed by atoms with van der Waals surface area (Å²) >= 11 is 3.24. The summed E-state index contributed by atoms with van der Waals surface area (Å²) in [5.41, 5.74) is 1.95. The van der Waals surface area contributed by atoms with Crippen molar-refractivity contribution in [1.82, 2.24) is 9.97 Å². The van der Waals surface area contributed by atoms with Crippen molar-refractivity contribution in [3.05, 3.63) is 64.6 Å². The van der Waals surface area contributed by atoms with E-state index in [0.717, 1.165) is 25.7 Å². The first-order valence-corrected chi connectivity index (χ1v) is 9.45. The summed E-state index contributed by atoms with van der Waals surface area (Å²) in [5, 5.41) is 13.8. The highest BCUT2D eigenvalue weighted by molar-refractivity contribution is 7.20. The lowest BCUT2D eigenvalue weighted by molar-refractivity contribution is 0.476. The van der Waals surface area contributed by atoms with Crippen LogP contribution in [-0.4, -0.2) is 15.1 Å². The van der Waals surface area contributed by atoms with Crippen molar-refractivity contribution >= 4 is 66.0 Å². The molecule has 2 heterocycles. The maximum absolute atomic E-state index is 9.57. The molecule has 0 bridgehead atoms. The van der Waals surface area contributed by atoms with Crippen molar-refractivity contribution in [3.8, 4) is 5.75 Å². The van der Waals surface area contributed by atoms with Crippen LogP contribution in [-0.2, 0) is 0 Å². The molecule has 0 unspecified atom stereocenters. The van der Waals surface area contributed by atoms with E-state index in [1.54, 1.807) is 34.8 Å². The summed E-state index contributed by atoms with van der Waals surface area (Å²) in [5.74, 6) is 0.268. The number of phenols is 1. The lowest BCUT2D eigenvalue weighted by atomic mass is 10.1. The van der Waals surface area contributed by atoms with Crippen molar-refractivity contribution in [3.63, 3.8) is 0 Å². The topological polar surface area (TPSA) is 46.0 Å². The standard InChI is InChI=1S/C20H12N2OS2/c23-13-6-7-15-17(11-13)25-18(21-15)9-10-19-22-20-14-4-2-1-3-12(14)5-8-16(20)24-19/h1-11,23H/b10-9+. The van der Waals surface area contributed by atoms with Gasteiger partial charge in [-0.15, -0.1) is 22.7 Å². The van der Waals surface area contributed by atoms with Gasteiger partial charge in [-0.3, -0.25) is 0 Å². The molecule has 0 atom stereocenters. The fourth-order valence-corrected chi connectivity index (χ4v) is 4.68. The molecule has 2 aromatic heterocycles. The van der Waals surface area contributed by atoms with Gasteiger partial charge in [0.15, 0.2) is 0 Å². The molecule has 0 radical (unpaired) electrons.